The molecule has 0 radical (unpaired) electrons. The normalized spacial score (nSPS) is 10.6. The van der Waals surface area contributed by atoms with Crippen molar-refractivity contribution < 1.29 is 9.32 Å². The van der Waals surface area contributed by atoms with E-state index in [9.17, 15) is 4.79 Å². The highest BCUT2D eigenvalue weighted by Crippen LogP contribution is 2.29. The molecule has 0 bridgehead atoms. The van der Waals surface area contributed by atoms with Crippen LogP contribution in [-0.2, 0) is 0 Å². The quantitative estimate of drug-likeness (QED) is 0.451. The molecule has 1 N–H and O–H groups in total. The molecule has 5 nitrogen and oxygen atoms in total. The SMILES string of the molecule is O=C(Nc1ccccc1-c1nc(-c2ccccc2)no1)c1ccc(Cl)c(Cl)c1. The summed E-state index contributed by atoms with van der Waals surface area (Å²) in [5.74, 6) is 0.457. The number of carbonyl (C=O) groups excluding carboxylic acids is 1. The number of aromatic nitrogens is 2. The molecular formula is C21H13Cl2N3O2. The molecule has 1 aromatic heterocycles. The highest BCUT2D eigenvalue weighted by molar-refractivity contribution is 6.42. The Hall–Kier alpha value is -3.15. The molecule has 0 spiro atoms. The molecule has 1 heterocycles. The molecule has 0 saturated carbocycles. The molecule has 4 rings (SSSR count). The lowest BCUT2D eigenvalue weighted by Crippen LogP contribution is -2.12. The highest BCUT2D eigenvalue weighted by atomic mass is 35.5. The van der Waals surface area contributed by atoms with E-state index >= 15 is 0 Å². The van der Waals surface area contributed by atoms with Crippen molar-refractivity contribution >= 4 is 34.8 Å². The summed E-state index contributed by atoms with van der Waals surface area (Å²) in [7, 11) is 0. The van der Waals surface area contributed by atoms with Gasteiger partial charge in [-0.05, 0) is 30.3 Å². The van der Waals surface area contributed by atoms with E-state index in [0.717, 1.165) is 5.56 Å². The molecule has 7 heteroatoms. The molecule has 0 atom stereocenters. The minimum absolute atomic E-state index is 0.309. The second-order valence-corrected chi connectivity index (χ2v) is 6.73. The van der Waals surface area contributed by atoms with E-state index < -0.39 is 0 Å². The van der Waals surface area contributed by atoms with Crippen LogP contribution in [0.4, 0.5) is 5.69 Å². The summed E-state index contributed by atoms with van der Waals surface area (Å²) in [6.45, 7) is 0. The van der Waals surface area contributed by atoms with E-state index in [1.807, 2.05) is 42.5 Å². The van der Waals surface area contributed by atoms with Crippen LogP contribution in [0.25, 0.3) is 22.8 Å². The van der Waals surface area contributed by atoms with Crippen LogP contribution in [0.1, 0.15) is 10.4 Å². The van der Waals surface area contributed by atoms with Crippen molar-refractivity contribution in [2.45, 2.75) is 0 Å². The second-order valence-electron chi connectivity index (χ2n) is 5.92. The predicted octanol–water partition coefficient (Wildman–Crippen LogP) is 5.96. The summed E-state index contributed by atoms with van der Waals surface area (Å²) in [6, 6.07) is 21.4. The maximum Gasteiger partial charge on any atom is 0.260 e. The van der Waals surface area contributed by atoms with Crippen LogP contribution < -0.4 is 5.32 Å². The van der Waals surface area contributed by atoms with Crippen LogP contribution in [0.5, 0.6) is 0 Å². The molecular weight excluding hydrogens is 397 g/mol. The monoisotopic (exact) mass is 409 g/mol. The Balaban J connectivity index is 1.63. The number of nitrogens with zero attached hydrogens (tertiary/aromatic N) is 2. The predicted molar refractivity (Wildman–Crippen MR) is 110 cm³/mol. The average Bonchev–Trinajstić information content (AvgIpc) is 3.21. The van der Waals surface area contributed by atoms with Crippen LogP contribution in [0.2, 0.25) is 10.0 Å². The molecule has 0 fully saturated rings. The van der Waals surface area contributed by atoms with Crippen LogP contribution in [0.3, 0.4) is 0 Å². The first-order valence-electron chi connectivity index (χ1n) is 8.37. The summed E-state index contributed by atoms with van der Waals surface area (Å²) in [5.41, 5.74) is 2.39. The van der Waals surface area contributed by atoms with Gasteiger partial charge in [-0.2, -0.15) is 4.98 Å². The summed E-state index contributed by atoms with van der Waals surface area (Å²) < 4.78 is 5.42. The maximum atomic E-state index is 12.6. The van der Waals surface area contributed by atoms with Crippen LogP contribution in [-0.4, -0.2) is 16.0 Å². The zero-order valence-corrected chi connectivity index (χ0v) is 15.9. The third kappa shape index (κ3) is 3.76. The number of hydrogen-bond acceptors (Lipinski definition) is 4. The van der Waals surface area contributed by atoms with Gasteiger partial charge in [-0.25, -0.2) is 0 Å². The van der Waals surface area contributed by atoms with Crippen molar-refractivity contribution in [2.24, 2.45) is 0 Å². The fourth-order valence-corrected chi connectivity index (χ4v) is 2.95. The molecule has 0 saturated heterocycles. The molecule has 3 aromatic carbocycles. The molecule has 0 aliphatic carbocycles. The first-order valence-corrected chi connectivity index (χ1v) is 9.12. The fraction of sp³-hybridized carbons (Fsp3) is 0. The van der Waals surface area contributed by atoms with E-state index in [0.29, 0.717) is 38.6 Å². The summed E-state index contributed by atoms with van der Waals surface area (Å²) in [6.07, 6.45) is 0. The molecule has 0 aliphatic rings. The largest absolute Gasteiger partial charge is 0.334 e. The first kappa shape index (κ1) is 18.2. The third-order valence-electron chi connectivity index (χ3n) is 4.05. The molecule has 0 unspecified atom stereocenters. The van der Waals surface area contributed by atoms with Gasteiger partial charge in [0.15, 0.2) is 0 Å². The van der Waals surface area contributed by atoms with Gasteiger partial charge >= 0.3 is 0 Å². The topological polar surface area (TPSA) is 68.0 Å². The van der Waals surface area contributed by atoms with Gasteiger partial charge in [0.05, 0.1) is 21.3 Å². The van der Waals surface area contributed by atoms with Gasteiger partial charge in [-0.1, -0.05) is 70.8 Å². The lowest BCUT2D eigenvalue weighted by Gasteiger charge is -2.09. The number of halogens is 2. The van der Waals surface area contributed by atoms with E-state index in [4.69, 9.17) is 27.7 Å². The highest BCUT2D eigenvalue weighted by Gasteiger charge is 2.16. The Morgan fingerprint density at radius 3 is 2.43 bits per heavy atom. The lowest BCUT2D eigenvalue weighted by molar-refractivity contribution is 0.102. The average molecular weight is 410 g/mol. The summed E-state index contributed by atoms with van der Waals surface area (Å²) >= 11 is 11.9. The molecule has 1 amide bonds. The fourth-order valence-electron chi connectivity index (χ4n) is 2.65. The van der Waals surface area contributed by atoms with Gasteiger partial charge < -0.3 is 9.84 Å². The number of para-hydroxylation sites is 1. The third-order valence-corrected chi connectivity index (χ3v) is 4.78. The standard InChI is InChI=1S/C21H13Cl2N3O2/c22-16-11-10-14(12-17(16)23)20(27)24-18-9-5-4-8-15(18)21-25-19(26-28-21)13-6-2-1-3-7-13/h1-12H,(H,24,27). The Kier molecular flexibility index (Phi) is 5.10. The Morgan fingerprint density at radius 1 is 0.893 bits per heavy atom. The van der Waals surface area contributed by atoms with Gasteiger partial charge in [0.1, 0.15) is 0 Å². The van der Waals surface area contributed by atoms with Crippen LogP contribution in [0.15, 0.2) is 77.3 Å². The van der Waals surface area contributed by atoms with Gasteiger partial charge in [0, 0.05) is 11.1 Å². The Bertz CT molecular complexity index is 1140. The zero-order valence-electron chi connectivity index (χ0n) is 14.4. The first-order chi connectivity index (χ1) is 13.6. The number of hydrogen-bond donors (Lipinski definition) is 1. The van der Waals surface area contributed by atoms with E-state index in [1.54, 1.807) is 24.3 Å². The minimum Gasteiger partial charge on any atom is -0.334 e. The number of nitrogens with one attached hydrogen (secondary N) is 1. The van der Waals surface area contributed by atoms with Crippen molar-refractivity contribution in [1.82, 2.24) is 10.1 Å². The Labute approximate surface area is 170 Å². The van der Waals surface area contributed by atoms with E-state index in [-0.39, 0.29) is 5.91 Å². The van der Waals surface area contributed by atoms with Crippen molar-refractivity contribution in [2.75, 3.05) is 5.32 Å². The van der Waals surface area contributed by atoms with Crippen LogP contribution >= 0.6 is 23.2 Å². The lowest BCUT2D eigenvalue weighted by atomic mass is 10.1. The van der Waals surface area contributed by atoms with Gasteiger partial charge in [-0.3, -0.25) is 4.79 Å². The summed E-state index contributed by atoms with van der Waals surface area (Å²) in [4.78, 5) is 17.1. The molecule has 28 heavy (non-hydrogen) atoms. The smallest absolute Gasteiger partial charge is 0.260 e. The zero-order chi connectivity index (χ0) is 19.5. The number of anilines is 1. The number of benzene rings is 3. The van der Waals surface area contributed by atoms with E-state index in [2.05, 4.69) is 15.5 Å². The number of carbonyl (C=O) groups is 1. The number of rotatable bonds is 4. The van der Waals surface area contributed by atoms with Gasteiger partial charge in [-0.15, -0.1) is 0 Å². The number of amides is 1. The molecule has 138 valence electrons. The minimum atomic E-state index is -0.325. The van der Waals surface area contributed by atoms with Crippen molar-refractivity contribution in [3.8, 4) is 22.8 Å². The second kappa shape index (κ2) is 7.84. The van der Waals surface area contributed by atoms with Crippen LogP contribution in [0, 0.1) is 0 Å². The van der Waals surface area contributed by atoms with Crippen molar-refractivity contribution in [3.05, 3.63) is 88.4 Å². The molecule has 0 aliphatic heterocycles. The summed E-state index contributed by atoms with van der Waals surface area (Å²) in [5, 5.41) is 7.58. The maximum absolute atomic E-state index is 12.6. The Morgan fingerprint density at radius 2 is 1.64 bits per heavy atom. The van der Waals surface area contributed by atoms with E-state index in [1.165, 1.54) is 6.07 Å². The molecule has 4 aromatic rings. The van der Waals surface area contributed by atoms with Crippen molar-refractivity contribution in [1.29, 1.82) is 0 Å². The van der Waals surface area contributed by atoms with Crippen molar-refractivity contribution in [3.63, 3.8) is 0 Å². The van der Waals surface area contributed by atoms with Gasteiger partial charge in [0.2, 0.25) is 5.82 Å². The van der Waals surface area contributed by atoms with Gasteiger partial charge in [0.25, 0.3) is 11.8 Å².